The van der Waals surface area contributed by atoms with Gasteiger partial charge in [0, 0.05) is 17.5 Å². The van der Waals surface area contributed by atoms with Crippen molar-refractivity contribution in [1.29, 1.82) is 0 Å². The number of benzene rings is 2. The fourth-order valence-electron chi connectivity index (χ4n) is 3.05. The molecule has 9 heteroatoms. The Balaban J connectivity index is 1.65. The van der Waals surface area contributed by atoms with E-state index < -0.39 is 23.7 Å². The molecule has 0 aliphatic heterocycles. The zero-order chi connectivity index (χ0) is 19.7. The molecule has 0 amide bonds. The second kappa shape index (κ2) is 7.22. The maximum Gasteiger partial charge on any atom is 0.269 e. The highest BCUT2D eigenvalue weighted by molar-refractivity contribution is 6.05. The first-order valence-corrected chi connectivity index (χ1v) is 8.50. The van der Waals surface area contributed by atoms with E-state index in [1.165, 1.54) is 30.6 Å². The molecule has 2 aromatic heterocycles. The van der Waals surface area contributed by atoms with Crippen LogP contribution in [0.3, 0.4) is 0 Å². The Morgan fingerprint density at radius 3 is 2.61 bits per heavy atom. The minimum absolute atomic E-state index is 0.0794. The molecule has 2 atom stereocenters. The Bertz CT molecular complexity index is 1140. The van der Waals surface area contributed by atoms with Crippen molar-refractivity contribution >= 4 is 33.6 Å². The van der Waals surface area contributed by atoms with Gasteiger partial charge in [-0.1, -0.05) is 12.1 Å². The average Bonchev–Trinajstić information content (AvgIpc) is 3.11. The first-order valence-electron chi connectivity index (χ1n) is 8.50. The van der Waals surface area contributed by atoms with Gasteiger partial charge in [-0.2, -0.15) is 0 Å². The van der Waals surface area contributed by atoms with Gasteiger partial charge in [-0.15, -0.1) is 0 Å². The number of hydrogen-bond acceptors (Lipinski definition) is 8. The van der Waals surface area contributed by atoms with Gasteiger partial charge < -0.3 is 19.9 Å². The van der Waals surface area contributed by atoms with Gasteiger partial charge in [0.25, 0.3) is 5.69 Å². The highest BCUT2D eigenvalue weighted by Gasteiger charge is 2.23. The van der Waals surface area contributed by atoms with Crippen LogP contribution in [-0.4, -0.2) is 37.8 Å². The van der Waals surface area contributed by atoms with Crippen molar-refractivity contribution in [2.75, 3.05) is 11.9 Å². The highest BCUT2D eigenvalue weighted by atomic mass is 16.6. The van der Waals surface area contributed by atoms with Gasteiger partial charge in [0.2, 0.25) is 0 Å². The quantitative estimate of drug-likeness (QED) is 0.343. The number of nitrogens with one attached hydrogen (secondary N) is 1. The summed E-state index contributed by atoms with van der Waals surface area (Å²) >= 11 is 0. The monoisotopic (exact) mass is 380 g/mol. The Labute approximate surface area is 158 Å². The number of aromatic nitrogens is 2. The van der Waals surface area contributed by atoms with Gasteiger partial charge in [0.15, 0.2) is 11.4 Å². The number of nitro groups is 1. The normalized spacial score (nSPS) is 13.5. The van der Waals surface area contributed by atoms with Crippen molar-refractivity contribution in [2.24, 2.45) is 0 Å². The Kier molecular flexibility index (Phi) is 4.60. The van der Waals surface area contributed by atoms with Gasteiger partial charge in [0.1, 0.15) is 23.5 Å². The van der Waals surface area contributed by atoms with Crippen molar-refractivity contribution in [3.8, 4) is 0 Å². The lowest BCUT2D eigenvalue weighted by Crippen LogP contribution is -2.31. The number of aliphatic hydroxyl groups is 2. The SMILES string of the molecule is O=[N+]([O-])c1ccc([C@@H](O)[C@H](CO)Nc2ncnc3c2oc2ccccc23)cc1. The summed E-state index contributed by atoms with van der Waals surface area (Å²) in [5, 5.41) is 35.0. The first-order chi connectivity index (χ1) is 13.6. The molecular weight excluding hydrogens is 364 g/mol. The largest absolute Gasteiger partial charge is 0.450 e. The van der Waals surface area contributed by atoms with E-state index in [9.17, 15) is 20.3 Å². The predicted molar refractivity (Wildman–Crippen MR) is 102 cm³/mol. The third-order valence-electron chi connectivity index (χ3n) is 4.50. The second-order valence-corrected chi connectivity index (χ2v) is 6.23. The lowest BCUT2D eigenvalue weighted by Gasteiger charge is -2.23. The van der Waals surface area contributed by atoms with Crippen LogP contribution in [0.5, 0.6) is 0 Å². The highest BCUT2D eigenvalue weighted by Crippen LogP contribution is 2.31. The third kappa shape index (κ3) is 3.13. The Morgan fingerprint density at radius 2 is 1.89 bits per heavy atom. The fourth-order valence-corrected chi connectivity index (χ4v) is 3.05. The molecule has 0 saturated carbocycles. The Morgan fingerprint density at radius 1 is 1.14 bits per heavy atom. The molecule has 28 heavy (non-hydrogen) atoms. The van der Waals surface area contributed by atoms with Crippen LogP contribution in [0.15, 0.2) is 59.3 Å². The number of hydrogen-bond donors (Lipinski definition) is 3. The molecule has 3 N–H and O–H groups in total. The van der Waals surface area contributed by atoms with E-state index in [1.807, 2.05) is 24.3 Å². The number of anilines is 1. The number of rotatable bonds is 6. The molecule has 2 heterocycles. The minimum atomic E-state index is -1.12. The molecule has 0 aliphatic rings. The van der Waals surface area contributed by atoms with Crippen LogP contribution in [0.1, 0.15) is 11.7 Å². The average molecular weight is 380 g/mol. The molecular formula is C19H16N4O5. The molecule has 9 nitrogen and oxygen atoms in total. The van der Waals surface area contributed by atoms with E-state index in [0.29, 0.717) is 28.1 Å². The molecule has 0 aliphatic carbocycles. The third-order valence-corrected chi connectivity index (χ3v) is 4.50. The lowest BCUT2D eigenvalue weighted by molar-refractivity contribution is -0.384. The van der Waals surface area contributed by atoms with Crippen LogP contribution in [0.4, 0.5) is 11.5 Å². The number of para-hydroxylation sites is 1. The Hall–Kier alpha value is -3.56. The van der Waals surface area contributed by atoms with Crippen molar-refractivity contribution in [3.63, 3.8) is 0 Å². The van der Waals surface area contributed by atoms with Crippen molar-refractivity contribution in [1.82, 2.24) is 9.97 Å². The summed E-state index contributed by atoms with van der Waals surface area (Å²) in [7, 11) is 0. The smallest absolute Gasteiger partial charge is 0.269 e. The second-order valence-electron chi connectivity index (χ2n) is 6.23. The first kappa shape index (κ1) is 17.8. The fraction of sp³-hybridized carbons (Fsp3) is 0.158. The van der Waals surface area contributed by atoms with E-state index in [1.54, 1.807) is 0 Å². The van der Waals surface area contributed by atoms with Crippen LogP contribution < -0.4 is 5.32 Å². The van der Waals surface area contributed by atoms with Crippen molar-refractivity contribution in [2.45, 2.75) is 12.1 Å². The molecule has 0 unspecified atom stereocenters. The lowest BCUT2D eigenvalue weighted by atomic mass is 10.0. The zero-order valence-corrected chi connectivity index (χ0v) is 14.5. The predicted octanol–water partition coefficient (Wildman–Crippen LogP) is 2.79. The molecule has 0 saturated heterocycles. The van der Waals surface area contributed by atoms with Crippen LogP contribution in [0, 0.1) is 10.1 Å². The summed E-state index contributed by atoms with van der Waals surface area (Å²) in [5.74, 6) is 0.334. The van der Waals surface area contributed by atoms with E-state index in [4.69, 9.17) is 4.42 Å². The minimum Gasteiger partial charge on any atom is -0.450 e. The maximum absolute atomic E-state index is 10.8. The number of non-ortho nitro benzene ring substituents is 1. The van der Waals surface area contributed by atoms with E-state index in [0.717, 1.165) is 5.39 Å². The van der Waals surface area contributed by atoms with Crippen LogP contribution in [0.2, 0.25) is 0 Å². The maximum atomic E-state index is 10.8. The van der Waals surface area contributed by atoms with Crippen molar-refractivity contribution < 1.29 is 19.6 Å². The molecule has 0 fully saturated rings. The molecule has 2 aromatic carbocycles. The number of furan rings is 1. The summed E-state index contributed by atoms with van der Waals surface area (Å²) in [6.45, 7) is -0.399. The van der Waals surface area contributed by atoms with Crippen LogP contribution in [-0.2, 0) is 0 Å². The van der Waals surface area contributed by atoms with E-state index >= 15 is 0 Å². The van der Waals surface area contributed by atoms with Gasteiger partial charge in [0.05, 0.1) is 17.6 Å². The van der Waals surface area contributed by atoms with Crippen LogP contribution >= 0.6 is 0 Å². The summed E-state index contributed by atoms with van der Waals surface area (Å²) in [5.41, 5.74) is 2.03. The number of nitro benzene ring substituents is 1. The van der Waals surface area contributed by atoms with Gasteiger partial charge in [-0.25, -0.2) is 9.97 Å². The van der Waals surface area contributed by atoms with Gasteiger partial charge in [-0.3, -0.25) is 10.1 Å². The molecule has 4 aromatic rings. The topological polar surface area (TPSA) is 135 Å². The summed E-state index contributed by atoms with van der Waals surface area (Å²) in [4.78, 5) is 18.7. The number of nitrogens with zero attached hydrogens (tertiary/aromatic N) is 3. The molecule has 0 spiro atoms. The van der Waals surface area contributed by atoms with Crippen LogP contribution in [0.25, 0.3) is 22.1 Å². The van der Waals surface area contributed by atoms with Crippen molar-refractivity contribution in [3.05, 3.63) is 70.5 Å². The number of aliphatic hydroxyl groups excluding tert-OH is 2. The molecule has 0 bridgehead atoms. The van der Waals surface area contributed by atoms with E-state index in [2.05, 4.69) is 15.3 Å². The van der Waals surface area contributed by atoms with Gasteiger partial charge in [-0.05, 0) is 29.8 Å². The standard InChI is InChI=1S/C19H16N4O5/c24-9-14(17(25)11-5-7-12(8-6-11)23(26)27)22-19-18-16(20-10-21-19)13-3-1-2-4-15(13)28-18/h1-8,10,14,17,24-25H,9H2,(H,20,21,22)/t14-,17+/m0/s1. The zero-order valence-electron chi connectivity index (χ0n) is 14.5. The number of fused-ring (bicyclic) bond motifs is 3. The summed E-state index contributed by atoms with van der Waals surface area (Å²) in [6.07, 6.45) is 0.250. The van der Waals surface area contributed by atoms with Gasteiger partial charge >= 0.3 is 0 Å². The molecule has 142 valence electrons. The van der Waals surface area contributed by atoms with E-state index in [-0.39, 0.29) is 5.69 Å². The summed E-state index contributed by atoms with van der Waals surface area (Å²) in [6, 6.07) is 12.1. The molecule has 4 rings (SSSR count). The molecule has 0 radical (unpaired) electrons. The summed E-state index contributed by atoms with van der Waals surface area (Å²) < 4.78 is 5.83.